The second kappa shape index (κ2) is 5.09. The average molecular weight is 336 g/mol. The first kappa shape index (κ1) is 15.7. The summed E-state index contributed by atoms with van der Waals surface area (Å²) in [6.07, 6.45) is 0.711. The Hall–Kier alpha value is -2.82. The van der Waals surface area contributed by atoms with E-state index in [0.29, 0.717) is 12.2 Å². The van der Waals surface area contributed by atoms with Gasteiger partial charge in [-0.2, -0.15) is 0 Å². The number of benzene rings is 2. The third-order valence-electron chi connectivity index (χ3n) is 5.31. The molecule has 2 aliphatic heterocycles. The number of hydrogen-bond acceptors (Lipinski definition) is 4. The molecule has 128 valence electrons. The normalized spacial score (nSPS) is 19.9. The highest BCUT2D eigenvalue weighted by Gasteiger charge is 2.48. The molecular weight excluding hydrogens is 318 g/mol. The Labute approximate surface area is 145 Å². The van der Waals surface area contributed by atoms with E-state index in [0.717, 1.165) is 16.8 Å². The topological polar surface area (TPSA) is 69.7 Å². The number of carbonyl (C=O) groups is 2. The van der Waals surface area contributed by atoms with Crippen molar-refractivity contribution in [3.8, 4) is 5.75 Å². The van der Waals surface area contributed by atoms with Crippen molar-refractivity contribution in [1.82, 2.24) is 0 Å². The van der Waals surface area contributed by atoms with Gasteiger partial charge in [-0.1, -0.05) is 44.2 Å². The van der Waals surface area contributed by atoms with E-state index < -0.39 is 5.97 Å². The van der Waals surface area contributed by atoms with E-state index in [2.05, 4.69) is 13.8 Å². The van der Waals surface area contributed by atoms with Crippen molar-refractivity contribution in [2.75, 3.05) is 12.0 Å². The molecule has 0 spiro atoms. The standard InChI is InChI=1S/C20H19NO4/c1-20(2)10-14-11-6-4-7-12(19(23)24)16(11)18(22)21(14)17-13(20)8-5-9-15(17)25-3/h4-9,14H,10H2,1-3H3,(H,23,24)/p-1. The summed E-state index contributed by atoms with van der Waals surface area (Å²) in [7, 11) is 1.58. The number of hydrogen-bond donors (Lipinski definition) is 0. The zero-order valence-electron chi connectivity index (χ0n) is 14.3. The van der Waals surface area contributed by atoms with Crippen LogP contribution in [0.3, 0.4) is 0 Å². The Bertz CT molecular complexity index is 916. The molecule has 0 radical (unpaired) electrons. The van der Waals surface area contributed by atoms with Crippen molar-refractivity contribution >= 4 is 17.6 Å². The number of carboxylic acids is 1. The molecule has 1 amide bonds. The lowest BCUT2D eigenvalue weighted by Crippen LogP contribution is -2.39. The molecule has 0 fully saturated rings. The van der Waals surface area contributed by atoms with Crippen LogP contribution in [-0.2, 0) is 5.41 Å². The molecule has 2 aromatic carbocycles. The molecular formula is C20H18NO4-. The predicted octanol–water partition coefficient (Wildman–Crippen LogP) is 2.44. The number of nitrogens with zero attached hydrogens (tertiary/aromatic N) is 1. The zero-order valence-corrected chi connectivity index (χ0v) is 14.3. The second-order valence-electron chi connectivity index (χ2n) is 7.19. The number of ether oxygens (including phenoxy) is 1. The number of para-hydroxylation sites is 1. The summed E-state index contributed by atoms with van der Waals surface area (Å²) in [4.78, 5) is 26.4. The van der Waals surface area contributed by atoms with Crippen LogP contribution in [0, 0.1) is 0 Å². The van der Waals surface area contributed by atoms with Gasteiger partial charge in [0.1, 0.15) is 5.75 Å². The van der Waals surface area contributed by atoms with Gasteiger partial charge in [-0.05, 0) is 29.0 Å². The van der Waals surface area contributed by atoms with Gasteiger partial charge in [0.25, 0.3) is 5.91 Å². The van der Waals surface area contributed by atoms with Crippen molar-refractivity contribution < 1.29 is 19.4 Å². The average Bonchev–Trinajstić information content (AvgIpc) is 2.86. The molecule has 0 aliphatic carbocycles. The molecule has 0 saturated carbocycles. The number of carbonyl (C=O) groups excluding carboxylic acids is 2. The first-order chi connectivity index (χ1) is 11.9. The van der Waals surface area contributed by atoms with Crippen molar-refractivity contribution in [3.63, 3.8) is 0 Å². The van der Waals surface area contributed by atoms with E-state index in [4.69, 9.17) is 4.74 Å². The Kier molecular flexibility index (Phi) is 3.19. The largest absolute Gasteiger partial charge is 0.545 e. The van der Waals surface area contributed by atoms with E-state index in [1.165, 1.54) is 6.07 Å². The van der Waals surface area contributed by atoms with E-state index in [9.17, 15) is 14.7 Å². The molecule has 5 nitrogen and oxygen atoms in total. The molecule has 2 aromatic rings. The van der Waals surface area contributed by atoms with Gasteiger partial charge < -0.3 is 14.6 Å². The number of aromatic carboxylic acids is 1. The van der Waals surface area contributed by atoms with Gasteiger partial charge in [0.2, 0.25) is 0 Å². The van der Waals surface area contributed by atoms with Crippen LogP contribution in [0.5, 0.6) is 5.75 Å². The number of rotatable bonds is 2. The quantitative estimate of drug-likeness (QED) is 0.845. The number of methoxy groups -OCH3 is 1. The fourth-order valence-corrected chi connectivity index (χ4v) is 4.19. The van der Waals surface area contributed by atoms with Gasteiger partial charge in [-0.25, -0.2) is 0 Å². The fraction of sp³-hybridized carbons (Fsp3) is 0.300. The predicted molar refractivity (Wildman–Crippen MR) is 91.0 cm³/mol. The Morgan fingerprint density at radius 2 is 1.96 bits per heavy atom. The maximum absolute atomic E-state index is 13.2. The maximum atomic E-state index is 13.2. The second-order valence-corrected chi connectivity index (χ2v) is 7.19. The molecule has 1 atom stereocenters. The molecule has 2 aliphatic rings. The van der Waals surface area contributed by atoms with Crippen LogP contribution in [0.15, 0.2) is 36.4 Å². The van der Waals surface area contributed by atoms with Gasteiger partial charge >= 0.3 is 0 Å². The monoisotopic (exact) mass is 336 g/mol. The van der Waals surface area contributed by atoms with Gasteiger partial charge in [0.15, 0.2) is 0 Å². The Balaban J connectivity index is 2.01. The molecule has 2 heterocycles. The summed E-state index contributed by atoms with van der Waals surface area (Å²) < 4.78 is 5.52. The highest BCUT2D eigenvalue weighted by molar-refractivity contribution is 6.17. The van der Waals surface area contributed by atoms with E-state index in [1.54, 1.807) is 18.1 Å². The summed E-state index contributed by atoms with van der Waals surface area (Å²) in [5.41, 5.74) is 2.52. The number of carboxylic acid groups (broad SMARTS) is 1. The fourth-order valence-electron chi connectivity index (χ4n) is 4.19. The van der Waals surface area contributed by atoms with Gasteiger partial charge in [0.05, 0.1) is 30.4 Å². The summed E-state index contributed by atoms with van der Waals surface area (Å²) in [6.45, 7) is 4.27. The molecule has 0 aromatic heterocycles. The van der Waals surface area contributed by atoms with Crippen LogP contribution in [0.4, 0.5) is 5.69 Å². The number of amides is 1. The van der Waals surface area contributed by atoms with Crippen LogP contribution >= 0.6 is 0 Å². The molecule has 0 saturated heterocycles. The molecule has 25 heavy (non-hydrogen) atoms. The van der Waals surface area contributed by atoms with Crippen LogP contribution in [0.25, 0.3) is 0 Å². The highest BCUT2D eigenvalue weighted by atomic mass is 16.5. The van der Waals surface area contributed by atoms with Crippen LogP contribution < -0.4 is 14.7 Å². The number of anilines is 1. The maximum Gasteiger partial charge on any atom is 0.260 e. The molecule has 5 heteroatoms. The van der Waals surface area contributed by atoms with Gasteiger partial charge in [0, 0.05) is 5.56 Å². The third kappa shape index (κ3) is 2.02. The third-order valence-corrected chi connectivity index (χ3v) is 5.31. The van der Waals surface area contributed by atoms with Crippen LogP contribution in [0.1, 0.15) is 58.2 Å². The minimum absolute atomic E-state index is 0.0499. The SMILES string of the molecule is COc1cccc2c1N1C(=O)c3c(C(=O)[O-])cccc3C1CC2(C)C. The smallest absolute Gasteiger partial charge is 0.260 e. The minimum Gasteiger partial charge on any atom is -0.545 e. The van der Waals surface area contributed by atoms with Crippen molar-refractivity contribution in [3.05, 3.63) is 58.7 Å². The van der Waals surface area contributed by atoms with Crippen molar-refractivity contribution in [2.45, 2.75) is 31.7 Å². The molecule has 0 N–H and O–H groups in total. The summed E-state index contributed by atoms with van der Waals surface area (Å²) in [5, 5.41) is 11.5. The minimum atomic E-state index is -1.33. The molecule has 0 bridgehead atoms. The lowest BCUT2D eigenvalue weighted by atomic mass is 9.74. The Morgan fingerprint density at radius 3 is 2.64 bits per heavy atom. The highest BCUT2D eigenvalue weighted by Crippen LogP contribution is 2.55. The molecule has 1 unspecified atom stereocenters. The zero-order chi connectivity index (χ0) is 17.9. The first-order valence-corrected chi connectivity index (χ1v) is 8.22. The molecule has 4 rings (SSSR count). The van der Waals surface area contributed by atoms with E-state index in [1.807, 2.05) is 24.3 Å². The summed E-state index contributed by atoms with van der Waals surface area (Å²) in [6, 6.07) is 10.5. The lowest BCUT2D eigenvalue weighted by molar-refractivity contribution is -0.255. The van der Waals surface area contributed by atoms with Gasteiger partial charge in [-0.15, -0.1) is 0 Å². The van der Waals surface area contributed by atoms with Crippen molar-refractivity contribution in [1.29, 1.82) is 0 Å². The van der Waals surface area contributed by atoms with E-state index >= 15 is 0 Å². The lowest BCUT2D eigenvalue weighted by Gasteiger charge is -2.42. The van der Waals surface area contributed by atoms with Crippen LogP contribution in [0.2, 0.25) is 0 Å². The summed E-state index contributed by atoms with van der Waals surface area (Å²) in [5.74, 6) is -1.02. The van der Waals surface area contributed by atoms with E-state index in [-0.39, 0.29) is 28.5 Å². The van der Waals surface area contributed by atoms with Gasteiger partial charge in [-0.3, -0.25) is 9.69 Å². The number of fused-ring (bicyclic) bond motifs is 5. The van der Waals surface area contributed by atoms with Crippen molar-refractivity contribution in [2.24, 2.45) is 0 Å². The van der Waals surface area contributed by atoms with Crippen LogP contribution in [-0.4, -0.2) is 19.0 Å². The summed E-state index contributed by atoms with van der Waals surface area (Å²) >= 11 is 0. The first-order valence-electron chi connectivity index (χ1n) is 8.22. The Morgan fingerprint density at radius 1 is 1.24 bits per heavy atom.